The van der Waals surface area contributed by atoms with E-state index in [1.807, 2.05) is 54.6 Å². The summed E-state index contributed by atoms with van der Waals surface area (Å²) in [4.78, 5) is 17.8. The van der Waals surface area contributed by atoms with Crippen LogP contribution in [-0.4, -0.2) is 20.9 Å². The molecule has 0 aromatic heterocycles. The van der Waals surface area contributed by atoms with Crippen molar-refractivity contribution < 1.29 is 18.0 Å². The normalized spacial score (nSPS) is 13.5. The molecule has 1 N–H and O–H groups in total. The Morgan fingerprint density at radius 3 is 2.57 bits per heavy atom. The molecule has 3 aromatic rings. The van der Waals surface area contributed by atoms with E-state index in [1.165, 1.54) is 16.4 Å². The summed E-state index contributed by atoms with van der Waals surface area (Å²) in [6.45, 7) is 0.630. The first kappa shape index (κ1) is 20.1. The maximum atomic E-state index is 13.3. The van der Waals surface area contributed by atoms with Crippen LogP contribution in [0.3, 0.4) is 0 Å². The van der Waals surface area contributed by atoms with Gasteiger partial charge in [-0.3, -0.25) is 13.9 Å². The van der Waals surface area contributed by atoms with Crippen LogP contribution in [0, 0.1) is 0 Å². The molecule has 0 saturated heterocycles. The number of fused-ring (bicyclic) bond motifs is 1. The molecule has 154 valence electrons. The van der Waals surface area contributed by atoms with Gasteiger partial charge in [-0.05, 0) is 48.2 Å². The van der Waals surface area contributed by atoms with Crippen molar-refractivity contribution in [3.05, 3.63) is 95.6 Å². The number of carbonyl (C=O) groups excluding carboxylic acids is 1. The molecule has 0 atom stereocenters. The summed E-state index contributed by atoms with van der Waals surface area (Å²) in [6.07, 6.45) is 1.60. The first-order valence-electron chi connectivity index (χ1n) is 9.72. The van der Waals surface area contributed by atoms with Crippen LogP contribution >= 0.6 is 0 Å². The van der Waals surface area contributed by atoms with Crippen molar-refractivity contribution in [3.8, 4) is 0 Å². The molecule has 0 saturated carbocycles. The number of hydrogen-bond donors (Lipinski definition) is 1. The first-order chi connectivity index (χ1) is 14.6. The highest BCUT2D eigenvalue weighted by molar-refractivity contribution is 7.92. The molecule has 0 fully saturated rings. The smallest absolute Gasteiger partial charge is 0.269 e. The second-order valence-electron chi connectivity index (χ2n) is 7.04. The Balaban J connectivity index is 1.51. The van der Waals surface area contributed by atoms with Gasteiger partial charge >= 0.3 is 0 Å². The lowest BCUT2D eigenvalue weighted by Gasteiger charge is -2.30. The molecule has 0 unspecified atom stereocenters. The number of hydrogen-bond acceptors (Lipinski definition) is 4. The zero-order chi connectivity index (χ0) is 21.0. The number of aryl methyl sites for hydroxylation is 1. The molecule has 6 nitrogen and oxygen atoms in total. The van der Waals surface area contributed by atoms with Gasteiger partial charge in [-0.2, -0.15) is 0 Å². The SMILES string of the molecule is O=C(NOCc1ccccc1)c1cccc(S(=O)(=O)N2CCCc3ccccc32)c1. The molecule has 0 bridgehead atoms. The van der Waals surface area contributed by atoms with E-state index in [0.29, 0.717) is 12.2 Å². The van der Waals surface area contributed by atoms with Crippen LogP contribution in [0.25, 0.3) is 0 Å². The molecule has 1 aliphatic heterocycles. The van der Waals surface area contributed by atoms with E-state index < -0.39 is 15.9 Å². The Labute approximate surface area is 176 Å². The van der Waals surface area contributed by atoms with Crippen molar-refractivity contribution in [3.63, 3.8) is 0 Å². The molecule has 0 aliphatic carbocycles. The van der Waals surface area contributed by atoms with Gasteiger partial charge < -0.3 is 0 Å². The number of carbonyl (C=O) groups is 1. The summed E-state index contributed by atoms with van der Waals surface area (Å²) in [7, 11) is -3.78. The lowest BCUT2D eigenvalue weighted by Crippen LogP contribution is -2.35. The minimum absolute atomic E-state index is 0.0786. The number of nitrogens with zero attached hydrogens (tertiary/aromatic N) is 1. The van der Waals surface area contributed by atoms with Crippen LogP contribution in [0.2, 0.25) is 0 Å². The molecular formula is C23H22N2O4S. The Kier molecular flexibility index (Phi) is 5.83. The molecule has 7 heteroatoms. The summed E-state index contributed by atoms with van der Waals surface area (Å²) in [5, 5.41) is 0. The van der Waals surface area contributed by atoms with Crippen molar-refractivity contribution in [1.82, 2.24) is 5.48 Å². The fourth-order valence-corrected chi connectivity index (χ4v) is 5.08. The van der Waals surface area contributed by atoms with Gasteiger partial charge in [0.2, 0.25) is 0 Å². The van der Waals surface area contributed by atoms with Crippen molar-refractivity contribution in [2.45, 2.75) is 24.3 Å². The maximum Gasteiger partial charge on any atom is 0.274 e. The number of benzene rings is 3. The van der Waals surface area contributed by atoms with Crippen molar-refractivity contribution in [1.29, 1.82) is 0 Å². The van der Waals surface area contributed by atoms with Crippen molar-refractivity contribution in [2.24, 2.45) is 0 Å². The highest BCUT2D eigenvalue weighted by atomic mass is 32.2. The van der Waals surface area contributed by atoms with E-state index in [-0.39, 0.29) is 17.1 Å². The van der Waals surface area contributed by atoms with Crippen LogP contribution in [0.15, 0.2) is 83.8 Å². The summed E-state index contributed by atoms with van der Waals surface area (Å²) in [6, 6.07) is 23.0. The third-order valence-corrected chi connectivity index (χ3v) is 6.81. The zero-order valence-corrected chi connectivity index (χ0v) is 17.1. The number of hydroxylamine groups is 1. The van der Waals surface area contributed by atoms with Gasteiger partial charge in [-0.25, -0.2) is 13.9 Å². The van der Waals surface area contributed by atoms with Crippen LogP contribution in [0.5, 0.6) is 0 Å². The van der Waals surface area contributed by atoms with Gasteiger partial charge in [0, 0.05) is 12.1 Å². The predicted molar refractivity (Wildman–Crippen MR) is 114 cm³/mol. The third kappa shape index (κ3) is 4.22. The number of nitrogens with one attached hydrogen (secondary N) is 1. The summed E-state index contributed by atoms with van der Waals surface area (Å²) < 4.78 is 28.0. The van der Waals surface area contributed by atoms with Gasteiger partial charge in [0.1, 0.15) is 0 Å². The standard InChI is InChI=1S/C23H22N2O4S/c26-23(24-29-17-18-8-2-1-3-9-18)20-11-6-13-21(16-20)30(27,28)25-15-7-12-19-10-4-5-14-22(19)25/h1-6,8-11,13-14,16H,7,12,15,17H2,(H,24,26). The molecule has 4 rings (SSSR count). The van der Waals surface area contributed by atoms with Gasteiger partial charge in [0.15, 0.2) is 0 Å². The number of anilines is 1. The van der Waals surface area contributed by atoms with Crippen molar-refractivity contribution >= 4 is 21.6 Å². The molecule has 1 amide bonds. The summed E-state index contributed by atoms with van der Waals surface area (Å²) >= 11 is 0. The van der Waals surface area contributed by atoms with Crippen LogP contribution in [0.4, 0.5) is 5.69 Å². The Morgan fingerprint density at radius 2 is 1.73 bits per heavy atom. The minimum atomic E-state index is -3.78. The fourth-order valence-electron chi connectivity index (χ4n) is 3.49. The molecule has 30 heavy (non-hydrogen) atoms. The Morgan fingerprint density at radius 1 is 0.967 bits per heavy atom. The maximum absolute atomic E-state index is 13.3. The van der Waals surface area contributed by atoms with Crippen LogP contribution in [-0.2, 0) is 27.9 Å². The van der Waals surface area contributed by atoms with Crippen molar-refractivity contribution in [2.75, 3.05) is 10.8 Å². The minimum Gasteiger partial charge on any atom is -0.269 e. The topological polar surface area (TPSA) is 75.7 Å². The Hall–Kier alpha value is -3.16. The summed E-state index contributed by atoms with van der Waals surface area (Å²) in [5.74, 6) is -0.498. The monoisotopic (exact) mass is 422 g/mol. The molecule has 0 radical (unpaired) electrons. The number of sulfonamides is 1. The Bertz CT molecular complexity index is 1150. The quantitative estimate of drug-likeness (QED) is 0.615. The highest BCUT2D eigenvalue weighted by Crippen LogP contribution is 2.31. The van der Waals surface area contributed by atoms with E-state index in [2.05, 4.69) is 5.48 Å². The second kappa shape index (κ2) is 8.69. The van der Waals surface area contributed by atoms with Gasteiger partial charge in [-0.1, -0.05) is 54.6 Å². The van der Waals surface area contributed by atoms with E-state index in [9.17, 15) is 13.2 Å². The third-order valence-electron chi connectivity index (χ3n) is 5.00. The van der Waals surface area contributed by atoms with Crippen LogP contribution < -0.4 is 9.79 Å². The first-order valence-corrected chi connectivity index (χ1v) is 11.2. The van der Waals surface area contributed by atoms with Gasteiger partial charge in [-0.15, -0.1) is 0 Å². The molecule has 1 heterocycles. The molecule has 1 aliphatic rings. The van der Waals surface area contributed by atoms with Gasteiger partial charge in [0.05, 0.1) is 17.2 Å². The van der Waals surface area contributed by atoms with Crippen LogP contribution in [0.1, 0.15) is 27.9 Å². The molecule has 3 aromatic carbocycles. The number of amides is 1. The average Bonchev–Trinajstić information content (AvgIpc) is 2.79. The second-order valence-corrected chi connectivity index (χ2v) is 8.91. The van der Waals surface area contributed by atoms with Gasteiger partial charge in [0.25, 0.3) is 15.9 Å². The average molecular weight is 423 g/mol. The molecular weight excluding hydrogens is 400 g/mol. The summed E-state index contributed by atoms with van der Waals surface area (Å²) in [5.41, 5.74) is 5.21. The number of rotatable bonds is 6. The number of para-hydroxylation sites is 1. The lowest BCUT2D eigenvalue weighted by molar-refractivity contribution is 0.0233. The fraction of sp³-hybridized carbons (Fsp3) is 0.174. The predicted octanol–water partition coefficient (Wildman–Crippen LogP) is 3.69. The van der Waals surface area contributed by atoms with E-state index in [1.54, 1.807) is 12.1 Å². The lowest BCUT2D eigenvalue weighted by atomic mass is 10.0. The highest BCUT2D eigenvalue weighted by Gasteiger charge is 2.29. The van der Waals surface area contributed by atoms with E-state index in [0.717, 1.165) is 24.0 Å². The van der Waals surface area contributed by atoms with E-state index in [4.69, 9.17) is 4.84 Å². The largest absolute Gasteiger partial charge is 0.274 e. The molecule has 0 spiro atoms. The van der Waals surface area contributed by atoms with E-state index >= 15 is 0 Å². The zero-order valence-electron chi connectivity index (χ0n) is 16.3.